The first-order chi connectivity index (χ1) is 12.5. The van der Waals surface area contributed by atoms with Crippen molar-refractivity contribution in [1.82, 2.24) is 9.55 Å². The van der Waals surface area contributed by atoms with Gasteiger partial charge in [0.25, 0.3) is 0 Å². The fourth-order valence-corrected chi connectivity index (χ4v) is 3.34. The molecule has 2 aromatic heterocycles. The number of aromatic nitrogens is 2. The van der Waals surface area contributed by atoms with Gasteiger partial charge in [0.15, 0.2) is 0 Å². The van der Waals surface area contributed by atoms with Gasteiger partial charge in [-0.2, -0.15) is 0 Å². The van der Waals surface area contributed by atoms with Crippen molar-refractivity contribution in [2.24, 2.45) is 13.0 Å². The monoisotopic (exact) mass is 353 g/mol. The molecular formula is C20H20FN3O2. The Hall–Kier alpha value is -2.89. The number of amides is 1. The van der Waals surface area contributed by atoms with E-state index < -0.39 is 12.1 Å². The second kappa shape index (κ2) is 6.12. The molecule has 0 radical (unpaired) electrons. The third-order valence-electron chi connectivity index (χ3n) is 4.94. The van der Waals surface area contributed by atoms with Gasteiger partial charge in [-0.15, -0.1) is 0 Å². The Morgan fingerprint density at radius 3 is 2.85 bits per heavy atom. The van der Waals surface area contributed by atoms with Crippen LogP contribution in [0.15, 0.2) is 36.5 Å². The van der Waals surface area contributed by atoms with Crippen molar-refractivity contribution >= 4 is 22.6 Å². The van der Waals surface area contributed by atoms with Crippen molar-refractivity contribution in [3.8, 4) is 17.0 Å². The van der Waals surface area contributed by atoms with Crippen LogP contribution in [0.4, 0.5) is 10.2 Å². The number of rotatable bonds is 4. The molecule has 2 heterocycles. The summed E-state index contributed by atoms with van der Waals surface area (Å²) in [5.41, 5.74) is 4.08. The van der Waals surface area contributed by atoms with E-state index in [9.17, 15) is 9.18 Å². The van der Waals surface area contributed by atoms with Crippen LogP contribution >= 0.6 is 0 Å². The van der Waals surface area contributed by atoms with Crippen LogP contribution in [-0.2, 0) is 11.8 Å². The Morgan fingerprint density at radius 1 is 1.38 bits per heavy atom. The molecule has 0 spiro atoms. The highest BCUT2D eigenvalue weighted by Gasteiger charge is 2.43. The van der Waals surface area contributed by atoms with E-state index in [1.807, 2.05) is 44.3 Å². The molecule has 0 saturated heterocycles. The SMILES string of the molecule is COc1cccc(C)c1-c1cc2cc(NC(=O)[C@@H]3C[C@@H]3F)ncc2n1C. The number of nitrogens with one attached hydrogen (secondary N) is 1. The van der Waals surface area contributed by atoms with Gasteiger partial charge in [0, 0.05) is 18.0 Å². The molecule has 1 N–H and O–H groups in total. The number of halogens is 1. The van der Waals surface area contributed by atoms with Crippen molar-refractivity contribution in [1.29, 1.82) is 0 Å². The number of nitrogens with zero attached hydrogens (tertiary/aromatic N) is 2. The molecule has 6 heteroatoms. The highest BCUT2D eigenvalue weighted by Crippen LogP contribution is 2.37. The molecule has 1 fully saturated rings. The highest BCUT2D eigenvalue weighted by molar-refractivity contribution is 5.96. The molecule has 2 atom stereocenters. The Labute approximate surface area is 150 Å². The third-order valence-corrected chi connectivity index (χ3v) is 4.94. The second-order valence-corrected chi connectivity index (χ2v) is 6.72. The quantitative estimate of drug-likeness (QED) is 0.775. The van der Waals surface area contributed by atoms with Crippen LogP contribution in [-0.4, -0.2) is 28.7 Å². The number of pyridine rings is 1. The number of ether oxygens (including phenoxy) is 1. The summed E-state index contributed by atoms with van der Waals surface area (Å²) in [6.45, 7) is 2.04. The normalized spacial score (nSPS) is 18.8. The molecule has 0 bridgehead atoms. The van der Waals surface area contributed by atoms with Crippen LogP contribution in [0.2, 0.25) is 0 Å². The Kier molecular flexibility index (Phi) is 3.90. The number of hydrogen-bond acceptors (Lipinski definition) is 3. The Morgan fingerprint density at radius 2 is 2.15 bits per heavy atom. The minimum Gasteiger partial charge on any atom is -0.496 e. The molecule has 1 amide bonds. The largest absolute Gasteiger partial charge is 0.496 e. The zero-order chi connectivity index (χ0) is 18.4. The topological polar surface area (TPSA) is 56.1 Å². The zero-order valence-corrected chi connectivity index (χ0v) is 14.9. The molecule has 3 aromatic rings. The average Bonchev–Trinajstić information content (AvgIpc) is 3.28. The molecule has 0 unspecified atom stereocenters. The summed E-state index contributed by atoms with van der Waals surface area (Å²) in [5.74, 6) is 0.409. The predicted molar refractivity (Wildman–Crippen MR) is 99.1 cm³/mol. The van der Waals surface area contributed by atoms with Crippen LogP contribution in [0.3, 0.4) is 0 Å². The number of anilines is 1. The fraction of sp³-hybridized carbons (Fsp3) is 0.300. The third kappa shape index (κ3) is 2.71. The molecule has 0 aliphatic heterocycles. The standard InChI is InChI=1S/C20H20FN3O2/c1-11-5-4-6-17(26-3)19(11)15-7-12-8-18(22-10-16(12)24(15)2)23-20(25)13-9-14(13)21/h4-8,10,13-14H,9H2,1-3H3,(H,22,23,25)/t13-,14+/m1/s1. The van der Waals surface area contributed by atoms with Crippen LogP contribution < -0.4 is 10.1 Å². The predicted octanol–water partition coefficient (Wildman–Crippen LogP) is 3.85. The maximum atomic E-state index is 13.0. The molecule has 1 aliphatic carbocycles. The number of alkyl halides is 1. The average molecular weight is 353 g/mol. The van der Waals surface area contributed by atoms with Crippen molar-refractivity contribution < 1.29 is 13.9 Å². The van der Waals surface area contributed by atoms with Crippen LogP contribution in [0, 0.1) is 12.8 Å². The van der Waals surface area contributed by atoms with Crippen LogP contribution in [0.25, 0.3) is 22.2 Å². The van der Waals surface area contributed by atoms with Gasteiger partial charge in [0.05, 0.1) is 30.4 Å². The summed E-state index contributed by atoms with van der Waals surface area (Å²) in [4.78, 5) is 16.2. The fourth-order valence-electron chi connectivity index (χ4n) is 3.34. The number of carbonyl (C=O) groups excluding carboxylic acids is 1. The van der Waals surface area contributed by atoms with E-state index in [0.717, 1.165) is 33.5 Å². The number of benzene rings is 1. The van der Waals surface area contributed by atoms with E-state index >= 15 is 0 Å². The van der Waals surface area contributed by atoms with Gasteiger partial charge in [-0.1, -0.05) is 12.1 Å². The van der Waals surface area contributed by atoms with Gasteiger partial charge >= 0.3 is 0 Å². The molecule has 5 nitrogen and oxygen atoms in total. The lowest BCUT2D eigenvalue weighted by Gasteiger charge is -2.12. The van der Waals surface area contributed by atoms with E-state index in [2.05, 4.69) is 14.9 Å². The van der Waals surface area contributed by atoms with Gasteiger partial charge < -0.3 is 14.6 Å². The highest BCUT2D eigenvalue weighted by atomic mass is 19.1. The lowest BCUT2D eigenvalue weighted by Crippen LogP contribution is -2.15. The van der Waals surface area contributed by atoms with Crippen molar-refractivity contribution in [2.75, 3.05) is 12.4 Å². The second-order valence-electron chi connectivity index (χ2n) is 6.72. The smallest absolute Gasteiger partial charge is 0.231 e. The molecule has 1 saturated carbocycles. The molecule has 4 rings (SSSR count). The number of carbonyl (C=O) groups is 1. The minimum atomic E-state index is -1.02. The van der Waals surface area contributed by atoms with Crippen LogP contribution in [0.1, 0.15) is 12.0 Å². The molecular weight excluding hydrogens is 333 g/mol. The lowest BCUT2D eigenvalue weighted by atomic mass is 10.0. The first kappa shape index (κ1) is 16.6. The minimum absolute atomic E-state index is 0.302. The van der Waals surface area contributed by atoms with Gasteiger partial charge in [0.2, 0.25) is 5.91 Å². The van der Waals surface area contributed by atoms with E-state index in [4.69, 9.17) is 4.74 Å². The van der Waals surface area contributed by atoms with E-state index in [1.165, 1.54) is 0 Å². The molecule has 1 aliphatic rings. The molecule has 26 heavy (non-hydrogen) atoms. The first-order valence-corrected chi connectivity index (χ1v) is 8.54. The molecule has 1 aromatic carbocycles. The summed E-state index contributed by atoms with van der Waals surface area (Å²) in [6, 6.07) is 9.81. The number of fused-ring (bicyclic) bond motifs is 1. The van der Waals surface area contributed by atoms with E-state index in [1.54, 1.807) is 13.3 Å². The number of methoxy groups -OCH3 is 1. The lowest BCUT2D eigenvalue weighted by molar-refractivity contribution is -0.117. The maximum Gasteiger partial charge on any atom is 0.231 e. The molecule has 134 valence electrons. The number of aryl methyl sites for hydroxylation is 2. The van der Waals surface area contributed by atoms with E-state index in [0.29, 0.717) is 12.2 Å². The Bertz CT molecular complexity index is 1010. The van der Waals surface area contributed by atoms with Gasteiger partial charge in [-0.25, -0.2) is 9.37 Å². The van der Waals surface area contributed by atoms with Crippen molar-refractivity contribution in [3.05, 3.63) is 42.1 Å². The summed E-state index contributed by atoms with van der Waals surface area (Å²) in [7, 11) is 3.63. The maximum absolute atomic E-state index is 13.0. The van der Waals surface area contributed by atoms with Crippen molar-refractivity contribution in [2.45, 2.75) is 19.5 Å². The zero-order valence-electron chi connectivity index (χ0n) is 14.9. The Balaban J connectivity index is 1.74. The summed E-state index contributed by atoms with van der Waals surface area (Å²) in [5, 5.41) is 3.65. The van der Waals surface area contributed by atoms with Crippen LogP contribution in [0.5, 0.6) is 5.75 Å². The first-order valence-electron chi connectivity index (χ1n) is 8.54. The summed E-state index contributed by atoms with van der Waals surface area (Å²) < 4.78 is 20.6. The summed E-state index contributed by atoms with van der Waals surface area (Å²) >= 11 is 0. The van der Waals surface area contributed by atoms with Gasteiger partial charge in [-0.05, 0) is 37.1 Å². The number of hydrogen-bond donors (Lipinski definition) is 1. The van der Waals surface area contributed by atoms with E-state index in [-0.39, 0.29) is 5.91 Å². The van der Waals surface area contributed by atoms with Gasteiger partial charge in [-0.3, -0.25) is 4.79 Å². The summed E-state index contributed by atoms with van der Waals surface area (Å²) in [6.07, 6.45) is 1.01. The van der Waals surface area contributed by atoms with Gasteiger partial charge in [0.1, 0.15) is 17.7 Å². The van der Waals surface area contributed by atoms with Crippen molar-refractivity contribution in [3.63, 3.8) is 0 Å².